The molecule has 1 fully saturated rings. The molecule has 1 N–H and O–H groups in total. The second kappa shape index (κ2) is 8.71. The molecule has 30 heavy (non-hydrogen) atoms. The van der Waals surface area contributed by atoms with Crippen LogP contribution >= 0.6 is 12.4 Å². The molecular formula is C22H24ClFN4O2. The van der Waals surface area contributed by atoms with Crippen LogP contribution in [0.15, 0.2) is 40.9 Å². The zero-order chi connectivity index (χ0) is 19.8. The Morgan fingerprint density at radius 1 is 1.20 bits per heavy atom. The average molecular weight is 431 g/mol. The fraction of sp³-hybridized carbons (Fsp3) is 0.364. The Balaban J connectivity index is 0.00000218. The van der Waals surface area contributed by atoms with E-state index in [-0.39, 0.29) is 24.1 Å². The maximum absolute atomic E-state index is 13.0. The molecule has 0 unspecified atom stereocenters. The number of hydrogen-bond acceptors (Lipinski definition) is 5. The number of aromatic nitrogens is 1. The van der Waals surface area contributed by atoms with Crippen molar-refractivity contribution in [1.29, 1.82) is 0 Å². The topological polar surface area (TPSA) is 61.6 Å². The van der Waals surface area contributed by atoms with Crippen LogP contribution in [0.4, 0.5) is 10.1 Å². The highest BCUT2D eigenvalue weighted by atomic mass is 35.5. The van der Waals surface area contributed by atoms with Gasteiger partial charge in [0.1, 0.15) is 17.2 Å². The SMILES string of the molecule is Cl.O=C1CN(CCc2ccc(F)cn2)CCN1c1ccc2c3c(oc2c1)CCNC3. The maximum atomic E-state index is 13.0. The van der Waals surface area contributed by atoms with E-state index in [1.54, 1.807) is 6.07 Å². The average Bonchev–Trinajstić information content (AvgIpc) is 3.11. The summed E-state index contributed by atoms with van der Waals surface area (Å²) in [5.74, 6) is 0.810. The maximum Gasteiger partial charge on any atom is 0.241 e. The van der Waals surface area contributed by atoms with Crippen LogP contribution in [0.5, 0.6) is 0 Å². The third-order valence-electron chi connectivity index (χ3n) is 5.77. The normalized spacial score (nSPS) is 17.1. The zero-order valence-electron chi connectivity index (χ0n) is 16.6. The number of rotatable bonds is 4. The summed E-state index contributed by atoms with van der Waals surface area (Å²) >= 11 is 0. The first kappa shape index (κ1) is 20.8. The largest absolute Gasteiger partial charge is 0.461 e. The van der Waals surface area contributed by atoms with Gasteiger partial charge in [-0.3, -0.25) is 14.7 Å². The number of carbonyl (C=O) groups excluding carboxylic acids is 1. The number of benzene rings is 1. The van der Waals surface area contributed by atoms with Crippen molar-refractivity contribution in [1.82, 2.24) is 15.2 Å². The summed E-state index contributed by atoms with van der Waals surface area (Å²) in [5, 5.41) is 4.52. The molecule has 0 bridgehead atoms. The fourth-order valence-corrected chi connectivity index (χ4v) is 4.18. The van der Waals surface area contributed by atoms with Crippen LogP contribution in [-0.4, -0.2) is 48.5 Å². The summed E-state index contributed by atoms with van der Waals surface area (Å²) < 4.78 is 19.0. The molecule has 6 nitrogen and oxygen atoms in total. The van der Waals surface area contributed by atoms with E-state index in [1.807, 2.05) is 17.0 Å². The van der Waals surface area contributed by atoms with Crippen molar-refractivity contribution >= 4 is 35.0 Å². The van der Waals surface area contributed by atoms with Crippen molar-refractivity contribution in [3.05, 3.63) is 59.4 Å². The highest BCUT2D eigenvalue weighted by molar-refractivity contribution is 5.97. The number of fused-ring (bicyclic) bond motifs is 3. The monoisotopic (exact) mass is 430 g/mol. The molecule has 3 aromatic rings. The number of nitrogens with zero attached hydrogens (tertiary/aromatic N) is 3. The minimum Gasteiger partial charge on any atom is -0.461 e. The summed E-state index contributed by atoms with van der Waals surface area (Å²) in [7, 11) is 0. The van der Waals surface area contributed by atoms with Gasteiger partial charge in [-0.25, -0.2) is 4.39 Å². The smallest absolute Gasteiger partial charge is 0.241 e. The Labute approximate surface area is 180 Å². The lowest BCUT2D eigenvalue weighted by atomic mass is 10.1. The fourth-order valence-electron chi connectivity index (χ4n) is 4.18. The summed E-state index contributed by atoms with van der Waals surface area (Å²) in [6.45, 7) is 4.31. The van der Waals surface area contributed by atoms with Crippen molar-refractivity contribution in [2.45, 2.75) is 19.4 Å². The number of amides is 1. The van der Waals surface area contributed by atoms with E-state index in [4.69, 9.17) is 4.42 Å². The molecule has 0 saturated carbocycles. The van der Waals surface area contributed by atoms with Gasteiger partial charge in [-0.2, -0.15) is 0 Å². The molecule has 0 atom stereocenters. The summed E-state index contributed by atoms with van der Waals surface area (Å²) in [4.78, 5) is 20.8. The molecule has 0 spiro atoms. The standard InChI is InChI=1S/C22H23FN4O2.ClH/c23-15-1-2-16(25-12-15)6-8-26-9-10-27(22(28)14-26)17-3-4-18-19-13-24-7-5-20(19)29-21(18)11-17;/h1-4,11-12,24H,5-10,13-14H2;1H. The summed E-state index contributed by atoms with van der Waals surface area (Å²) in [5.41, 5.74) is 3.82. The minimum absolute atomic E-state index is 0. The van der Waals surface area contributed by atoms with E-state index in [0.29, 0.717) is 19.5 Å². The number of halogens is 2. The molecule has 2 aromatic heterocycles. The van der Waals surface area contributed by atoms with Gasteiger partial charge in [0, 0.05) is 74.0 Å². The molecule has 1 saturated heterocycles. The third-order valence-corrected chi connectivity index (χ3v) is 5.77. The molecule has 0 radical (unpaired) electrons. The predicted molar refractivity (Wildman–Crippen MR) is 116 cm³/mol. The lowest BCUT2D eigenvalue weighted by Gasteiger charge is -2.34. The Morgan fingerprint density at radius 2 is 2.10 bits per heavy atom. The Morgan fingerprint density at radius 3 is 2.90 bits per heavy atom. The van der Waals surface area contributed by atoms with Gasteiger partial charge in [-0.1, -0.05) is 0 Å². The first-order valence-electron chi connectivity index (χ1n) is 10.1. The molecular weight excluding hydrogens is 407 g/mol. The number of furan rings is 1. The number of anilines is 1. The molecule has 4 heterocycles. The van der Waals surface area contributed by atoms with Crippen molar-refractivity contribution in [3.63, 3.8) is 0 Å². The van der Waals surface area contributed by atoms with Crippen LogP contribution in [0.2, 0.25) is 0 Å². The predicted octanol–water partition coefficient (Wildman–Crippen LogP) is 2.93. The van der Waals surface area contributed by atoms with E-state index in [1.165, 1.54) is 17.8 Å². The van der Waals surface area contributed by atoms with Gasteiger partial charge >= 0.3 is 0 Å². The van der Waals surface area contributed by atoms with E-state index >= 15 is 0 Å². The Kier molecular flexibility index (Phi) is 6.04. The highest BCUT2D eigenvalue weighted by Crippen LogP contribution is 2.31. The number of piperazine rings is 1. The Bertz CT molecular complexity index is 1050. The van der Waals surface area contributed by atoms with Crippen LogP contribution in [0, 0.1) is 5.82 Å². The van der Waals surface area contributed by atoms with E-state index < -0.39 is 0 Å². The van der Waals surface area contributed by atoms with E-state index in [0.717, 1.165) is 60.7 Å². The summed E-state index contributed by atoms with van der Waals surface area (Å²) in [6.07, 6.45) is 2.84. The second-order valence-electron chi connectivity index (χ2n) is 7.65. The first-order chi connectivity index (χ1) is 14.2. The van der Waals surface area contributed by atoms with Gasteiger partial charge in [-0.15, -0.1) is 12.4 Å². The van der Waals surface area contributed by atoms with Gasteiger partial charge in [-0.05, 0) is 24.3 Å². The number of nitrogens with one attached hydrogen (secondary N) is 1. The quantitative estimate of drug-likeness (QED) is 0.689. The van der Waals surface area contributed by atoms with Crippen molar-refractivity contribution in [2.75, 3.05) is 37.6 Å². The van der Waals surface area contributed by atoms with Crippen LogP contribution < -0.4 is 10.2 Å². The number of hydrogen-bond donors (Lipinski definition) is 1. The molecule has 2 aliphatic heterocycles. The number of carbonyl (C=O) groups is 1. The lowest BCUT2D eigenvalue weighted by Crippen LogP contribution is -2.50. The third kappa shape index (κ3) is 4.05. The van der Waals surface area contributed by atoms with Crippen molar-refractivity contribution < 1.29 is 13.6 Å². The molecule has 5 rings (SSSR count). The van der Waals surface area contributed by atoms with Crippen LogP contribution in [0.3, 0.4) is 0 Å². The molecule has 2 aliphatic rings. The number of pyridine rings is 1. The zero-order valence-corrected chi connectivity index (χ0v) is 17.4. The lowest BCUT2D eigenvalue weighted by molar-refractivity contribution is -0.121. The van der Waals surface area contributed by atoms with Crippen LogP contribution in [-0.2, 0) is 24.2 Å². The molecule has 1 amide bonds. The molecule has 1 aromatic carbocycles. The second-order valence-corrected chi connectivity index (χ2v) is 7.65. The highest BCUT2D eigenvalue weighted by Gasteiger charge is 2.26. The van der Waals surface area contributed by atoms with Gasteiger partial charge in [0.05, 0.1) is 12.7 Å². The van der Waals surface area contributed by atoms with E-state index in [2.05, 4.69) is 21.3 Å². The van der Waals surface area contributed by atoms with Crippen LogP contribution in [0.25, 0.3) is 11.0 Å². The van der Waals surface area contributed by atoms with Crippen LogP contribution in [0.1, 0.15) is 17.0 Å². The van der Waals surface area contributed by atoms with Crippen molar-refractivity contribution in [3.8, 4) is 0 Å². The Hall–Kier alpha value is -2.48. The molecule has 0 aliphatic carbocycles. The minimum atomic E-state index is -0.330. The van der Waals surface area contributed by atoms with Gasteiger partial charge in [0.25, 0.3) is 0 Å². The van der Waals surface area contributed by atoms with Gasteiger partial charge < -0.3 is 14.6 Å². The molecule has 8 heteroatoms. The van der Waals surface area contributed by atoms with Crippen molar-refractivity contribution in [2.24, 2.45) is 0 Å². The first-order valence-corrected chi connectivity index (χ1v) is 10.1. The van der Waals surface area contributed by atoms with Gasteiger partial charge in [0.15, 0.2) is 0 Å². The molecule has 158 valence electrons. The van der Waals surface area contributed by atoms with E-state index in [9.17, 15) is 9.18 Å². The van der Waals surface area contributed by atoms with Gasteiger partial charge in [0.2, 0.25) is 5.91 Å². The summed E-state index contributed by atoms with van der Waals surface area (Å²) in [6, 6.07) is 9.19.